The van der Waals surface area contributed by atoms with Crippen molar-refractivity contribution >= 4 is 11.6 Å². The Morgan fingerprint density at radius 2 is 1.61 bits per heavy atom. The summed E-state index contributed by atoms with van der Waals surface area (Å²) in [5.41, 5.74) is 3.18. The van der Waals surface area contributed by atoms with E-state index in [-0.39, 0.29) is 18.0 Å². The Labute approximate surface area is 168 Å². The average Bonchev–Trinajstić information content (AvgIpc) is 2.70. The maximum atomic E-state index is 12.6. The Hall–Kier alpha value is -2.53. The maximum absolute atomic E-state index is 12.6. The van der Waals surface area contributed by atoms with Crippen LogP contribution in [0, 0.1) is 0 Å². The molecule has 0 bridgehead atoms. The Balaban J connectivity index is 2.00. The number of ether oxygens (including phenoxy) is 2. The van der Waals surface area contributed by atoms with Crippen LogP contribution in [0.3, 0.4) is 0 Å². The zero-order chi connectivity index (χ0) is 20.5. The van der Waals surface area contributed by atoms with Crippen LogP contribution in [-0.4, -0.2) is 25.2 Å². The average molecular weight is 386 g/mol. The number of nitrogens with one attached hydrogen (secondary N) is 1. The van der Waals surface area contributed by atoms with Gasteiger partial charge in [-0.05, 0) is 70.0 Å². The van der Waals surface area contributed by atoms with E-state index in [1.807, 2.05) is 63.2 Å². The minimum atomic E-state index is -0.219. The molecule has 0 aliphatic rings. The number of hydrogen-bond acceptors (Lipinski definition) is 3. The summed E-state index contributed by atoms with van der Waals surface area (Å²) >= 11 is 0. The van der Waals surface area contributed by atoms with Crippen molar-refractivity contribution in [1.82, 2.24) is 0 Å². The molecule has 1 amide bonds. The van der Waals surface area contributed by atoms with E-state index in [4.69, 9.17) is 9.47 Å². The predicted octanol–water partition coefficient (Wildman–Crippen LogP) is 3.70. The number of nitrogens with two attached hydrogens (primary N) is 1. The van der Waals surface area contributed by atoms with Crippen LogP contribution >= 0.6 is 0 Å². The van der Waals surface area contributed by atoms with Gasteiger partial charge in [-0.25, -0.2) is 0 Å². The first-order chi connectivity index (χ1) is 13.5. The van der Waals surface area contributed by atoms with Gasteiger partial charge in [-0.15, -0.1) is 0 Å². The van der Waals surface area contributed by atoms with Crippen molar-refractivity contribution in [1.29, 1.82) is 0 Å². The lowest BCUT2D eigenvalue weighted by molar-refractivity contribution is -0.709. The molecule has 5 nitrogen and oxygen atoms in total. The highest BCUT2D eigenvalue weighted by Gasteiger charge is 2.21. The fourth-order valence-corrected chi connectivity index (χ4v) is 3.06. The zero-order valence-electron chi connectivity index (χ0n) is 17.6. The molecule has 0 radical (unpaired) electrons. The van der Waals surface area contributed by atoms with E-state index in [1.54, 1.807) is 0 Å². The lowest BCUT2D eigenvalue weighted by Crippen LogP contribution is -2.91. The first-order valence-corrected chi connectivity index (χ1v) is 10.1. The van der Waals surface area contributed by atoms with Crippen LogP contribution in [0.5, 0.6) is 11.5 Å². The molecule has 0 aliphatic heterocycles. The minimum absolute atomic E-state index is 0.00735. The van der Waals surface area contributed by atoms with Gasteiger partial charge in [-0.3, -0.25) is 4.79 Å². The number of amides is 1. The molecule has 0 fully saturated rings. The van der Waals surface area contributed by atoms with Crippen LogP contribution in [0.15, 0.2) is 42.5 Å². The summed E-state index contributed by atoms with van der Waals surface area (Å²) in [4.78, 5) is 12.6. The third-order valence-electron chi connectivity index (χ3n) is 4.71. The molecule has 28 heavy (non-hydrogen) atoms. The molecule has 0 spiro atoms. The van der Waals surface area contributed by atoms with Crippen molar-refractivity contribution in [3.05, 3.63) is 53.6 Å². The van der Waals surface area contributed by atoms with E-state index in [0.717, 1.165) is 29.2 Å². The fourth-order valence-electron chi connectivity index (χ4n) is 3.06. The van der Waals surface area contributed by atoms with Crippen LogP contribution in [0.25, 0.3) is 0 Å². The molecular formula is C23H33N2O3+. The van der Waals surface area contributed by atoms with Crippen molar-refractivity contribution in [3.8, 4) is 11.5 Å². The van der Waals surface area contributed by atoms with E-state index >= 15 is 0 Å². The van der Waals surface area contributed by atoms with Gasteiger partial charge in [0.05, 0.1) is 13.2 Å². The molecule has 0 saturated carbocycles. The van der Waals surface area contributed by atoms with Gasteiger partial charge >= 0.3 is 0 Å². The van der Waals surface area contributed by atoms with E-state index < -0.39 is 0 Å². The fraction of sp³-hybridized carbons (Fsp3) is 0.435. The standard InChI is InChI=1S/C23H32N2O3/c1-6-18-9-12-20(13-10-18)25-23(26)17(5)24-16(4)19-11-14-21(27-7-2)22(15-19)28-8-3/h9-17,24H,6-8H2,1-5H3,(H,25,26)/p+1/t16-,17-/m1/s1. The van der Waals surface area contributed by atoms with Gasteiger partial charge in [0, 0.05) is 11.3 Å². The van der Waals surface area contributed by atoms with E-state index in [2.05, 4.69) is 24.5 Å². The summed E-state index contributed by atoms with van der Waals surface area (Å²) in [6, 6.07) is 13.9. The molecule has 5 heteroatoms. The molecule has 0 unspecified atom stereocenters. The van der Waals surface area contributed by atoms with Gasteiger partial charge in [-0.2, -0.15) is 0 Å². The first-order valence-electron chi connectivity index (χ1n) is 10.1. The molecule has 152 valence electrons. The SMILES string of the molecule is CCOc1ccc([C@@H](C)[NH2+][C@H](C)C(=O)Nc2ccc(CC)cc2)cc1OCC. The van der Waals surface area contributed by atoms with Gasteiger partial charge in [0.25, 0.3) is 5.91 Å². The number of benzene rings is 2. The van der Waals surface area contributed by atoms with Crippen LogP contribution < -0.4 is 20.1 Å². The number of aryl methyl sites for hydroxylation is 1. The molecule has 0 aliphatic carbocycles. The van der Waals surface area contributed by atoms with Crippen LogP contribution in [0.4, 0.5) is 5.69 Å². The van der Waals surface area contributed by atoms with Crippen molar-refractivity contribution in [2.75, 3.05) is 18.5 Å². The van der Waals surface area contributed by atoms with Crippen LogP contribution in [-0.2, 0) is 11.2 Å². The summed E-state index contributed by atoms with van der Waals surface area (Å²) in [5, 5.41) is 5.05. The topological polar surface area (TPSA) is 64.2 Å². The van der Waals surface area contributed by atoms with Gasteiger partial charge in [0.2, 0.25) is 0 Å². The minimum Gasteiger partial charge on any atom is -0.490 e. The van der Waals surface area contributed by atoms with Crippen molar-refractivity contribution in [3.63, 3.8) is 0 Å². The highest BCUT2D eigenvalue weighted by Crippen LogP contribution is 2.30. The van der Waals surface area contributed by atoms with E-state index in [9.17, 15) is 4.79 Å². The smallest absolute Gasteiger partial charge is 0.282 e. The monoisotopic (exact) mass is 385 g/mol. The molecule has 2 aromatic carbocycles. The number of rotatable bonds is 10. The third-order valence-corrected chi connectivity index (χ3v) is 4.71. The maximum Gasteiger partial charge on any atom is 0.282 e. The third kappa shape index (κ3) is 5.99. The Morgan fingerprint density at radius 1 is 0.964 bits per heavy atom. The van der Waals surface area contributed by atoms with Gasteiger partial charge in [-0.1, -0.05) is 19.1 Å². The van der Waals surface area contributed by atoms with Crippen molar-refractivity contribution in [2.24, 2.45) is 0 Å². The highest BCUT2D eigenvalue weighted by atomic mass is 16.5. The molecule has 0 heterocycles. The Kier molecular flexibility index (Phi) is 8.33. The van der Waals surface area contributed by atoms with E-state index in [0.29, 0.717) is 13.2 Å². The Bertz CT molecular complexity index is 759. The Morgan fingerprint density at radius 3 is 2.21 bits per heavy atom. The summed E-state index contributed by atoms with van der Waals surface area (Å²) < 4.78 is 11.3. The van der Waals surface area contributed by atoms with Crippen molar-refractivity contribution in [2.45, 2.75) is 53.1 Å². The van der Waals surface area contributed by atoms with Gasteiger partial charge in [0.15, 0.2) is 17.5 Å². The molecule has 3 N–H and O–H groups in total. The summed E-state index contributed by atoms with van der Waals surface area (Å²) in [6.45, 7) is 11.2. The molecule has 2 aromatic rings. The van der Waals surface area contributed by atoms with Gasteiger partial charge < -0.3 is 20.1 Å². The zero-order valence-corrected chi connectivity index (χ0v) is 17.6. The lowest BCUT2D eigenvalue weighted by Gasteiger charge is -2.18. The largest absolute Gasteiger partial charge is 0.490 e. The normalized spacial score (nSPS) is 12.9. The number of quaternary nitrogens is 1. The molecule has 2 rings (SSSR count). The molecular weight excluding hydrogens is 352 g/mol. The summed E-state index contributed by atoms with van der Waals surface area (Å²) in [7, 11) is 0. The van der Waals surface area contributed by atoms with E-state index in [1.165, 1.54) is 5.56 Å². The number of carbonyl (C=O) groups excluding carboxylic acids is 1. The first kappa shape index (κ1) is 21.8. The van der Waals surface area contributed by atoms with Crippen LogP contribution in [0.1, 0.15) is 51.8 Å². The molecule has 0 saturated heterocycles. The highest BCUT2D eigenvalue weighted by molar-refractivity contribution is 5.93. The van der Waals surface area contributed by atoms with Crippen LogP contribution in [0.2, 0.25) is 0 Å². The van der Waals surface area contributed by atoms with Gasteiger partial charge in [0.1, 0.15) is 6.04 Å². The number of hydrogen-bond donors (Lipinski definition) is 2. The molecule has 0 aromatic heterocycles. The summed E-state index contributed by atoms with van der Waals surface area (Å²) in [6.07, 6.45) is 0.988. The lowest BCUT2D eigenvalue weighted by atomic mass is 10.1. The molecule has 2 atom stereocenters. The second kappa shape index (κ2) is 10.7. The summed E-state index contributed by atoms with van der Waals surface area (Å²) in [5.74, 6) is 1.49. The number of anilines is 1. The second-order valence-electron chi connectivity index (χ2n) is 6.88. The second-order valence-corrected chi connectivity index (χ2v) is 6.88. The van der Waals surface area contributed by atoms with Crippen molar-refractivity contribution < 1.29 is 19.6 Å². The predicted molar refractivity (Wildman–Crippen MR) is 113 cm³/mol. The number of carbonyl (C=O) groups is 1. The quantitative estimate of drug-likeness (QED) is 0.655.